The molecule has 1 saturated heterocycles. The van der Waals surface area contributed by atoms with Crippen LogP contribution in [0.3, 0.4) is 0 Å². The topological polar surface area (TPSA) is 78.4 Å². The summed E-state index contributed by atoms with van der Waals surface area (Å²) in [6.07, 6.45) is 0.764. The van der Waals surface area contributed by atoms with E-state index >= 15 is 0 Å². The van der Waals surface area contributed by atoms with Gasteiger partial charge in [0.05, 0.1) is 0 Å². The second kappa shape index (κ2) is 7.42. The molecule has 0 radical (unpaired) electrons. The first-order chi connectivity index (χ1) is 12.5. The van der Waals surface area contributed by atoms with Gasteiger partial charge in [0.1, 0.15) is 17.3 Å². The van der Waals surface area contributed by atoms with Gasteiger partial charge in [0.15, 0.2) is 11.6 Å². The molecular formula is C17H17F2N5O2. The third-order valence-corrected chi connectivity index (χ3v) is 4.00. The van der Waals surface area contributed by atoms with E-state index in [1.165, 1.54) is 12.1 Å². The van der Waals surface area contributed by atoms with Crippen LogP contribution < -0.4 is 5.32 Å². The number of anilines is 2. The zero-order valence-corrected chi connectivity index (χ0v) is 14.1. The van der Waals surface area contributed by atoms with Crippen LogP contribution in [0.5, 0.6) is 0 Å². The van der Waals surface area contributed by atoms with Gasteiger partial charge in [-0.15, -0.1) is 0 Å². The maximum Gasteiger partial charge on any atom is 0.272 e. The standard InChI is InChI=1S/C17H17F2N5O2/c1-11-20-15(17(26)24-6-4-23(10-25)5-7-24)9-16(21-11)22-12-2-3-13(18)14(19)8-12/h2-3,8-10H,4-7H2,1H3,(H,20,21,22). The van der Waals surface area contributed by atoms with E-state index in [4.69, 9.17) is 0 Å². The number of halogens is 2. The summed E-state index contributed by atoms with van der Waals surface area (Å²) in [5.41, 5.74) is 0.502. The Morgan fingerprint density at radius 3 is 2.50 bits per heavy atom. The fourth-order valence-electron chi connectivity index (χ4n) is 2.66. The lowest BCUT2D eigenvalue weighted by molar-refractivity contribution is -0.119. The molecule has 9 heteroatoms. The lowest BCUT2D eigenvalue weighted by atomic mass is 10.2. The SMILES string of the molecule is Cc1nc(Nc2ccc(F)c(F)c2)cc(C(=O)N2CCN(C=O)CC2)n1. The number of aryl methyl sites for hydroxylation is 1. The quantitative estimate of drug-likeness (QED) is 0.839. The van der Waals surface area contributed by atoms with Crippen molar-refractivity contribution in [2.75, 3.05) is 31.5 Å². The zero-order chi connectivity index (χ0) is 18.7. The van der Waals surface area contributed by atoms with Crippen LogP contribution in [0.2, 0.25) is 0 Å². The number of benzene rings is 1. The van der Waals surface area contributed by atoms with Crippen molar-refractivity contribution in [2.24, 2.45) is 0 Å². The van der Waals surface area contributed by atoms with E-state index in [9.17, 15) is 18.4 Å². The minimum absolute atomic E-state index is 0.196. The third-order valence-electron chi connectivity index (χ3n) is 4.00. The highest BCUT2D eigenvalue weighted by atomic mass is 19.2. The van der Waals surface area contributed by atoms with Crippen LogP contribution >= 0.6 is 0 Å². The van der Waals surface area contributed by atoms with Crippen LogP contribution in [0, 0.1) is 18.6 Å². The number of carbonyl (C=O) groups excluding carboxylic acids is 2. The molecule has 1 N–H and O–H groups in total. The monoisotopic (exact) mass is 361 g/mol. The molecule has 0 unspecified atom stereocenters. The molecule has 2 amide bonds. The molecule has 3 rings (SSSR count). The van der Waals surface area contributed by atoms with Gasteiger partial charge in [-0.05, 0) is 19.1 Å². The van der Waals surface area contributed by atoms with E-state index < -0.39 is 11.6 Å². The van der Waals surface area contributed by atoms with Gasteiger partial charge in [-0.25, -0.2) is 18.7 Å². The molecule has 0 atom stereocenters. The van der Waals surface area contributed by atoms with E-state index in [0.29, 0.717) is 43.5 Å². The normalized spacial score (nSPS) is 14.3. The molecule has 1 aromatic carbocycles. The van der Waals surface area contributed by atoms with E-state index in [0.717, 1.165) is 18.5 Å². The van der Waals surface area contributed by atoms with Crippen LogP contribution in [0.4, 0.5) is 20.3 Å². The second-order valence-corrected chi connectivity index (χ2v) is 5.87. The molecule has 0 spiro atoms. The van der Waals surface area contributed by atoms with E-state index in [2.05, 4.69) is 15.3 Å². The first-order valence-corrected chi connectivity index (χ1v) is 8.02. The number of nitrogens with zero attached hydrogens (tertiary/aromatic N) is 4. The zero-order valence-electron chi connectivity index (χ0n) is 14.1. The van der Waals surface area contributed by atoms with Crippen molar-refractivity contribution < 1.29 is 18.4 Å². The number of piperazine rings is 1. The van der Waals surface area contributed by atoms with Gasteiger partial charge < -0.3 is 15.1 Å². The Morgan fingerprint density at radius 2 is 1.85 bits per heavy atom. The van der Waals surface area contributed by atoms with Crippen LogP contribution in [0.15, 0.2) is 24.3 Å². The molecule has 1 fully saturated rings. The molecule has 0 saturated carbocycles. The van der Waals surface area contributed by atoms with Crippen molar-refractivity contribution in [3.63, 3.8) is 0 Å². The Morgan fingerprint density at radius 1 is 1.12 bits per heavy atom. The van der Waals surface area contributed by atoms with Crippen molar-refractivity contribution in [1.29, 1.82) is 0 Å². The summed E-state index contributed by atoms with van der Waals surface area (Å²) in [7, 11) is 0. The smallest absolute Gasteiger partial charge is 0.272 e. The van der Waals surface area contributed by atoms with Crippen molar-refractivity contribution in [3.8, 4) is 0 Å². The molecule has 2 aromatic rings. The Hall–Kier alpha value is -3.10. The number of aromatic nitrogens is 2. The van der Waals surface area contributed by atoms with Gasteiger partial charge in [0, 0.05) is 44.0 Å². The second-order valence-electron chi connectivity index (χ2n) is 5.87. The third kappa shape index (κ3) is 3.93. The molecule has 0 aliphatic carbocycles. The highest BCUT2D eigenvalue weighted by molar-refractivity contribution is 5.93. The van der Waals surface area contributed by atoms with Crippen molar-refractivity contribution >= 4 is 23.8 Å². The van der Waals surface area contributed by atoms with Gasteiger partial charge in [-0.3, -0.25) is 9.59 Å². The van der Waals surface area contributed by atoms with Gasteiger partial charge in [-0.2, -0.15) is 0 Å². The molecule has 1 aromatic heterocycles. The fraction of sp³-hybridized carbons (Fsp3) is 0.294. The highest BCUT2D eigenvalue weighted by Crippen LogP contribution is 2.19. The van der Waals surface area contributed by atoms with E-state index in [1.807, 2.05) is 0 Å². The first kappa shape index (κ1) is 17.7. The Labute approximate surface area is 148 Å². The van der Waals surface area contributed by atoms with Gasteiger partial charge in [0.25, 0.3) is 5.91 Å². The number of nitrogens with one attached hydrogen (secondary N) is 1. The summed E-state index contributed by atoms with van der Waals surface area (Å²) in [6.45, 7) is 3.43. The average molecular weight is 361 g/mol. The van der Waals surface area contributed by atoms with Gasteiger partial charge in [0.2, 0.25) is 6.41 Å². The summed E-state index contributed by atoms with van der Waals surface area (Å²) < 4.78 is 26.4. The van der Waals surface area contributed by atoms with Crippen LogP contribution in [0.25, 0.3) is 0 Å². The minimum Gasteiger partial charge on any atom is -0.342 e. The molecule has 2 heterocycles. The van der Waals surface area contributed by atoms with Gasteiger partial charge in [-0.1, -0.05) is 0 Å². The lowest BCUT2D eigenvalue weighted by Crippen LogP contribution is -2.48. The Balaban J connectivity index is 1.77. The number of hydrogen-bond donors (Lipinski definition) is 1. The van der Waals surface area contributed by atoms with Crippen LogP contribution in [0.1, 0.15) is 16.3 Å². The minimum atomic E-state index is -0.981. The van der Waals surface area contributed by atoms with E-state index in [-0.39, 0.29) is 11.6 Å². The van der Waals surface area contributed by atoms with Crippen LogP contribution in [-0.2, 0) is 4.79 Å². The Bertz CT molecular complexity index is 838. The van der Waals surface area contributed by atoms with Crippen molar-refractivity contribution in [2.45, 2.75) is 6.92 Å². The molecular weight excluding hydrogens is 344 g/mol. The van der Waals surface area contributed by atoms with Gasteiger partial charge >= 0.3 is 0 Å². The maximum atomic E-state index is 13.3. The molecule has 7 nitrogen and oxygen atoms in total. The summed E-state index contributed by atoms with van der Waals surface area (Å²) in [5.74, 6) is -1.52. The van der Waals surface area contributed by atoms with Crippen molar-refractivity contribution in [1.82, 2.24) is 19.8 Å². The maximum absolute atomic E-state index is 13.3. The van der Waals surface area contributed by atoms with Crippen LogP contribution in [-0.4, -0.2) is 58.3 Å². The molecule has 1 aliphatic rings. The highest BCUT2D eigenvalue weighted by Gasteiger charge is 2.23. The predicted molar refractivity (Wildman–Crippen MR) is 90.0 cm³/mol. The average Bonchev–Trinajstić information content (AvgIpc) is 2.64. The number of carbonyl (C=O) groups is 2. The summed E-state index contributed by atoms with van der Waals surface area (Å²) >= 11 is 0. The predicted octanol–water partition coefficient (Wildman–Crippen LogP) is 1.72. The Kier molecular flexibility index (Phi) is 5.06. The fourth-order valence-corrected chi connectivity index (χ4v) is 2.66. The summed E-state index contributed by atoms with van der Waals surface area (Å²) in [5, 5.41) is 2.84. The molecule has 26 heavy (non-hydrogen) atoms. The summed E-state index contributed by atoms with van der Waals surface area (Å²) in [6, 6.07) is 4.84. The number of hydrogen-bond acceptors (Lipinski definition) is 5. The lowest BCUT2D eigenvalue weighted by Gasteiger charge is -2.32. The van der Waals surface area contributed by atoms with E-state index in [1.54, 1.807) is 16.7 Å². The molecule has 0 bridgehead atoms. The number of amides is 2. The largest absolute Gasteiger partial charge is 0.342 e. The summed E-state index contributed by atoms with van der Waals surface area (Å²) in [4.78, 5) is 34.9. The number of rotatable bonds is 4. The van der Waals surface area contributed by atoms with Crippen molar-refractivity contribution in [3.05, 3.63) is 47.4 Å². The molecule has 1 aliphatic heterocycles. The first-order valence-electron chi connectivity index (χ1n) is 8.02. The molecule has 136 valence electrons.